The molecule has 0 N–H and O–H groups in total. The highest BCUT2D eigenvalue weighted by Gasteiger charge is 2.75. The first-order chi connectivity index (χ1) is 11.6. The van der Waals surface area contributed by atoms with Gasteiger partial charge in [0, 0.05) is 0 Å². The maximum Gasteiger partial charge on any atom is 0.381 e. The van der Waals surface area contributed by atoms with Gasteiger partial charge in [-0.3, -0.25) is 4.79 Å². The summed E-state index contributed by atoms with van der Waals surface area (Å²) < 4.78 is 158. The number of alkyl halides is 8. The van der Waals surface area contributed by atoms with Crippen molar-refractivity contribution >= 4 is 6.29 Å². The van der Waals surface area contributed by atoms with E-state index >= 15 is 0 Å². The summed E-state index contributed by atoms with van der Waals surface area (Å²) in [5.74, 6) is -32.2. The van der Waals surface area contributed by atoms with E-state index in [1.807, 2.05) is 0 Å². The fourth-order valence-corrected chi connectivity index (χ4v) is 1.46. The van der Waals surface area contributed by atoms with Crippen LogP contribution in [0.1, 0.15) is 5.56 Å². The molecule has 0 atom stereocenters. The lowest BCUT2D eigenvalue weighted by molar-refractivity contribution is -0.342. The molecule has 0 bridgehead atoms. The van der Waals surface area contributed by atoms with Crippen LogP contribution in [-0.4, -0.2) is 37.1 Å². The molecule has 0 saturated heterocycles. The summed E-state index contributed by atoms with van der Waals surface area (Å²) in [6.45, 7) is -3.07. The van der Waals surface area contributed by atoms with E-state index in [0.717, 1.165) is 0 Å². The summed E-state index contributed by atoms with van der Waals surface area (Å²) in [7, 11) is 0. The Hall–Kier alpha value is -2.15. The molecule has 1 aromatic rings. The van der Waals surface area contributed by atoms with E-state index in [1.54, 1.807) is 0 Å². The Kier molecular flexibility index (Phi) is 5.78. The molecule has 147 valence electrons. The van der Waals surface area contributed by atoms with Gasteiger partial charge in [-0.2, -0.15) is 35.1 Å². The van der Waals surface area contributed by atoms with Crippen molar-refractivity contribution in [1.82, 2.24) is 0 Å². The molecule has 0 fully saturated rings. The first kappa shape index (κ1) is 21.9. The topological polar surface area (TPSA) is 26.3 Å². The average molecular weight is 407 g/mol. The van der Waals surface area contributed by atoms with Crippen LogP contribution in [0, 0.1) is 23.3 Å². The molecule has 2 nitrogen and oxygen atoms in total. The number of benzene rings is 1. The van der Waals surface area contributed by atoms with Gasteiger partial charge in [0.05, 0.1) is 0 Å². The van der Waals surface area contributed by atoms with E-state index in [0.29, 0.717) is 6.29 Å². The van der Waals surface area contributed by atoms with E-state index in [-0.39, 0.29) is 0 Å². The largest absolute Gasteiger partial charge is 0.481 e. The Morgan fingerprint density at radius 2 is 1.27 bits per heavy atom. The molecule has 0 aromatic heterocycles. The van der Waals surface area contributed by atoms with E-state index in [1.165, 1.54) is 0 Å². The number of ether oxygens (including phenoxy) is 1. The van der Waals surface area contributed by atoms with Crippen molar-refractivity contribution in [3.05, 3.63) is 28.8 Å². The van der Waals surface area contributed by atoms with E-state index in [4.69, 9.17) is 0 Å². The highest BCUT2D eigenvalue weighted by atomic mass is 19.4. The zero-order valence-corrected chi connectivity index (χ0v) is 11.6. The number of carbonyl (C=O) groups excluding carboxylic acids is 1. The van der Waals surface area contributed by atoms with Crippen molar-refractivity contribution in [2.75, 3.05) is 6.61 Å². The molecule has 1 aromatic carbocycles. The summed E-state index contributed by atoms with van der Waals surface area (Å²) >= 11 is 0. The van der Waals surface area contributed by atoms with E-state index < -0.39 is 65.4 Å². The minimum absolute atomic E-state index is 0.415. The van der Waals surface area contributed by atoms with Crippen LogP contribution in [0.4, 0.5) is 52.7 Å². The number of hydrogen-bond donors (Lipinski definition) is 0. The molecule has 0 aliphatic carbocycles. The predicted octanol–water partition coefficient (Wildman–Crippen LogP) is 4.25. The Morgan fingerprint density at radius 3 is 1.62 bits per heavy atom. The van der Waals surface area contributed by atoms with Gasteiger partial charge in [0.15, 0.2) is 24.0 Å². The summed E-state index contributed by atoms with van der Waals surface area (Å²) in [5, 5.41) is 0. The van der Waals surface area contributed by atoms with E-state index in [2.05, 4.69) is 4.74 Å². The number of rotatable bonds is 7. The lowest BCUT2D eigenvalue weighted by Gasteiger charge is -2.32. The highest BCUT2D eigenvalue weighted by molar-refractivity contribution is 5.76. The molecule has 0 amide bonds. The van der Waals surface area contributed by atoms with Crippen molar-refractivity contribution in [1.29, 1.82) is 0 Å². The molecule has 0 saturated carbocycles. The molecule has 1 rings (SSSR count). The van der Waals surface area contributed by atoms with Gasteiger partial charge in [-0.25, -0.2) is 17.6 Å². The summed E-state index contributed by atoms with van der Waals surface area (Å²) in [5.41, 5.74) is -1.96. The van der Waals surface area contributed by atoms with Gasteiger partial charge in [-0.1, -0.05) is 0 Å². The van der Waals surface area contributed by atoms with Gasteiger partial charge in [0.1, 0.15) is 5.56 Å². The zero-order valence-electron chi connectivity index (χ0n) is 11.6. The summed E-state index contributed by atoms with van der Waals surface area (Å²) in [4.78, 5) is 10.1. The van der Waals surface area contributed by atoms with Crippen molar-refractivity contribution < 1.29 is 62.2 Å². The summed E-state index contributed by atoms with van der Waals surface area (Å²) in [6, 6.07) is 0. The molecular formula is C12H3F12O2. The predicted molar refractivity (Wildman–Crippen MR) is 57.4 cm³/mol. The summed E-state index contributed by atoms with van der Waals surface area (Å²) in [6.07, 6.45) is -4.84. The van der Waals surface area contributed by atoms with Crippen LogP contribution < -0.4 is 4.74 Å². The Labute approximate surface area is 135 Å². The van der Waals surface area contributed by atoms with Gasteiger partial charge in [-0.15, -0.1) is 0 Å². The third-order valence-corrected chi connectivity index (χ3v) is 2.88. The smallest absolute Gasteiger partial charge is 0.381 e. The molecule has 14 heteroatoms. The molecule has 0 unspecified atom stereocenters. The molecule has 26 heavy (non-hydrogen) atoms. The third-order valence-electron chi connectivity index (χ3n) is 2.88. The van der Waals surface area contributed by atoms with Gasteiger partial charge in [-0.05, 0) is 0 Å². The first-order valence-corrected chi connectivity index (χ1v) is 5.92. The van der Waals surface area contributed by atoms with Gasteiger partial charge in [0.25, 0.3) is 0 Å². The van der Waals surface area contributed by atoms with Crippen LogP contribution in [-0.2, 0) is 4.79 Å². The quantitative estimate of drug-likeness (QED) is 0.499. The Balaban J connectivity index is 3.26. The average Bonchev–Trinajstić information content (AvgIpc) is 2.53. The first-order valence-electron chi connectivity index (χ1n) is 5.92. The van der Waals surface area contributed by atoms with Crippen molar-refractivity contribution in [3.63, 3.8) is 0 Å². The minimum Gasteiger partial charge on any atom is -0.481 e. The van der Waals surface area contributed by atoms with Gasteiger partial charge < -0.3 is 4.74 Å². The lowest BCUT2D eigenvalue weighted by Crippen LogP contribution is -2.59. The number of hydrogen-bond acceptors (Lipinski definition) is 2. The SMILES string of the molecule is O=[C]c1c(F)c(F)c(OCC(F)(F)C(F)(F)C(F)(F)C(F)F)c(F)c1F. The zero-order chi connectivity index (χ0) is 20.7. The van der Waals surface area contributed by atoms with Gasteiger partial charge in [0.2, 0.25) is 17.9 Å². The van der Waals surface area contributed by atoms with Crippen LogP contribution in [0.2, 0.25) is 0 Å². The second-order valence-electron chi connectivity index (χ2n) is 4.55. The highest BCUT2D eigenvalue weighted by Crippen LogP contribution is 2.48. The van der Waals surface area contributed by atoms with Crippen molar-refractivity contribution in [2.45, 2.75) is 24.2 Å². The third kappa shape index (κ3) is 3.28. The molecular weight excluding hydrogens is 404 g/mol. The molecule has 1 radical (unpaired) electrons. The monoisotopic (exact) mass is 407 g/mol. The second-order valence-corrected chi connectivity index (χ2v) is 4.55. The lowest BCUT2D eigenvalue weighted by atomic mass is 10.1. The van der Waals surface area contributed by atoms with Crippen molar-refractivity contribution in [2.24, 2.45) is 0 Å². The van der Waals surface area contributed by atoms with Crippen LogP contribution in [0.5, 0.6) is 5.75 Å². The second kappa shape index (κ2) is 6.87. The Morgan fingerprint density at radius 1 is 0.846 bits per heavy atom. The maximum absolute atomic E-state index is 13.3. The molecule has 0 heterocycles. The fraction of sp³-hybridized carbons (Fsp3) is 0.417. The van der Waals surface area contributed by atoms with Crippen LogP contribution in [0.25, 0.3) is 0 Å². The van der Waals surface area contributed by atoms with Crippen LogP contribution >= 0.6 is 0 Å². The number of halogens is 12. The fourth-order valence-electron chi connectivity index (χ4n) is 1.46. The molecule has 0 aliphatic rings. The molecule has 0 spiro atoms. The standard InChI is InChI=1S/C12H3F12O2/c13-4-3(1-25)5(14)7(16)8(6(4)15)26-2-10(19,20)12(23,24)11(21,22)9(17)18/h9H,2H2. The van der Waals surface area contributed by atoms with Crippen molar-refractivity contribution in [3.8, 4) is 5.75 Å². The minimum atomic E-state index is -6.77. The maximum atomic E-state index is 13.3. The van der Waals surface area contributed by atoms with E-state index in [9.17, 15) is 57.5 Å². The Bertz CT molecular complexity index is 671. The molecule has 0 aliphatic heterocycles. The van der Waals surface area contributed by atoms with Gasteiger partial charge >= 0.3 is 24.2 Å². The van der Waals surface area contributed by atoms with Crippen LogP contribution in [0.15, 0.2) is 0 Å². The van der Waals surface area contributed by atoms with Crippen LogP contribution in [0.3, 0.4) is 0 Å². The normalized spacial score (nSPS) is 13.3.